The number of benzene rings is 2. The molecular formula is C17H16FN3S. The molecule has 0 spiro atoms. The van der Waals surface area contributed by atoms with Crippen LogP contribution in [0.5, 0.6) is 0 Å². The van der Waals surface area contributed by atoms with Crippen LogP contribution in [0.15, 0.2) is 66.0 Å². The lowest BCUT2D eigenvalue weighted by Gasteiger charge is -2.10. The zero-order valence-corrected chi connectivity index (χ0v) is 12.9. The van der Waals surface area contributed by atoms with E-state index in [4.69, 9.17) is 5.84 Å². The van der Waals surface area contributed by atoms with Gasteiger partial charge in [-0.15, -0.1) is 0 Å². The third-order valence-electron chi connectivity index (χ3n) is 3.39. The highest BCUT2D eigenvalue weighted by Crippen LogP contribution is 2.34. The topological polar surface area (TPSA) is 43.8 Å². The number of nitrogens with two attached hydrogens (primary N) is 1. The Morgan fingerprint density at radius 3 is 2.45 bits per heavy atom. The van der Waals surface area contributed by atoms with Crippen LogP contribution in [0.1, 0.15) is 17.7 Å². The van der Waals surface area contributed by atoms with Gasteiger partial charge in [0.05, 0.1) is 11.9 Å². The van der Waals surface area contributed by atoms with Crippen LogP contribution in [0.3, 0.4) is 0 Å². The number of aromatic nitrogens is 2. The van der Waals surface area contributed by atoms with E-state index >= 15 is 0 Å². The molecular weight excluding hydrogens is 297 g/mol. The van der Waals surface area contributed by atoms with Gasteiger partial charge in [0.15, 0.2) is 5.16 Å². The summed E-state index contributed by atoms with van der Waals surface area (Å²) in [4.78, 5) is 4.59. The minimum atomic E-state index is -0.229. The van der Waals surface area contributed by atoms with Crippen molar-refractivity contribution in [1.29, 1.82) is 0 Å². The van der Waals surface area contributed by atoms with Crippen molar-refractivity contribution >= 4 is 11.8 Å². The quantitative estimate of drug-likeness (QED) is 0.578. The van der Waals surface area contributed by atoms with Crippen LogP contribution in [0.25, 0.3) is 11.3 Å². The first kappa shape index (κ1) is 14.7. The number of nitrogens with zero attached hydrogens (tertiary/aromatic N) is 2. The van der Waals surface area contributed by atoms with E-state index in [0.29, 0.717) is 0 Å². The number of nitrogen functional groups attached to an aromatic ring is 1. The second-order valence-electron chi connectivity index (χ2n) is 4.99. The number of halogens is 1. The summed E-state index contributed by atoms with van der Waals surface area (Å²) in [6.45, 7) is 2.05. The van der Waals surface area contributed by atoms with Gasteiger partial charge < -0.3 is 5.84 Å². The Morgan fingerprint density at radius 1 is 1.09 bits per heavy atom. The van der Waals surface area contributed by atoms with E-state index in [1.807, 2.05) is 36.5 Å². The fourth-order valence-corrected chi connectivity index (χ4v) is 3.11. The zero-order chi connectivity index (χ0) is 15.5. The number of hydrogen-bond donors (Lipinski definition) is 1. The van der Waals surface area contributed by atoms with Crippen LogP contribution < -0.4 is 5.84 Å². The molecule has 2 aromatic carbocycles. The third kappa shape index (κ3) is 3.14. The van der Waals surface area contributed by atoms with Crippen molar-refractivity contribution in [1.82, 2.24) is 9.66 Å². The van der Waals surface area contributed by atoms with E-state index in [2.05, 4.69) is 11.9 Å². The maximum Gasteiger partial charge on any atom is 0.187 e. The minimum Gasteiger partial charge on any atom is -0.337 e. The predicted octanol–water partition coefficient (Wildman–Crippen LogP) is 4.26. The fraction of sp³-hybridized carbons (Fsp3) is 0.118. The van der Waals surface area contributed by atoms with Crippen molar-refractivity contribution in [3.05, 3.63) is 72.2 Å². The number of hydrogen-bond acceptors (Lipinski definition) is 3. The van der Waals surface area contributed by atoms with E-state index in [0.717, 1.165) is 22.0 Å². The van der Waals surface area contributed by atoms with Crippen LogP contribution in [-0.4, -0.2) is 9.66 Å². The van der Waals surface area contributed by atoms with Crippen molar-refractivity contribution in [2.45, 2.75) is 17.3 Å². The van der Waals surface area contributed by atoms with Gasteiger partial charge in [-0.05, 0) is 24.6 Å². The zero-order valence-electron chi connectivity index (χ0n) is 12.1. The van der Waals surface area contributed by atoms with Gasteiger partial charge in [0.1, 0.15) is 5.82 Å². The maximum atomic E-state index is 13.0. The Kier molecular flexibility index (Phi) is 4.15. The Bertz CT molecular complexity index is 753. The van der Waals surface area contributed by atoms with Crippen LogP contribution in [0.2, 0.25) is 0 Å². The van der Waals surface area contributed by atoms with Crippen molar-refractivity contribution < 1.29 is 4.39 Å². The molecule has 22 heavy (non-hydrogen) atoms. The number of thioether (sulfide) groups is 1. The molecule has 1 aromatic heterocycles. The molecule has 0 aliphatic carbocycles. The monoisotopic (exact) mass is 313 g/mol. The molecule has 2 N–H and O–H groups in total. The first-order chi connectivity index (χ1) is 10.6. The molecule has 3 rings (SSSR count). The third-order valence-corrected chi connectivity index (χ3v) is 4.53. The minimum absolute atomic E-state index is 0.133. The fourth-order valence-electron chi connectivity index (χ4n) is 2.17. The molecule has 0 fully saturated rings. The lowest BCUT2D eigenvalue weighted by atomic mass is 10.2. The highest BCUT2D eigenvalue weighted by molar-refractivity contribution is 7.99. The van der Waals surface area contributed by atoms with Crippen LogP contribution in [0, 0.1) is 5.82 Å². The first-order valence-corrected chi connectivity index (χ1v) is 7.83. The Morgan fingerprint density at radius 2 is 1.77 bits per heavy atom. The van der Waals surface area contributed by atoms with Crippen molar-refractivity contribution in [3.8, 4) is 11.3 Å². The number of imidazole rings is 1. The van der Waals surface area contributed by atoms with Gasteiger partial charge >= 0.3 is 0 Å². The molecule has 1 heterocycles. The van der Waals surface area contributed by atoms with E-state index in [1.54, 1.807) is 23.9 Å². The summed E-state index contributed by atoms with van der Waals surface area (Å²) < 4.78 is 14.5. The molecule has 112 valence electrons. The van der Waals surface area contributed by atoms with Gasteiger partial charge in [0.25, 0.3) is 0 Å². The van der Waals surface area contributed by atoms with Gasteiger partial charge in [-0.25, -0.2) is 14.1 Å². The van der Waals surface area contributed by atoms with E-state index < -0.39 is 0 Å². The number of rotatable bonds is 4. The molecule has 0 aliphatic rings. The molecule has 5 heteroatoms. The molecule has 0 unspecified atom stereocenters. The highest BCUT2D eigenvalue weighted by Gasteiger charge is 2.14. The Hall–Kier alpha value is -2.27. The Labute approximate surface area is 133 Å². The molecule has 0 aliphatic heterocycles. The van der Waals surface area contributed by atoms with Crippen LogP contribution in [0.4, 0.5) is 4.39 Å². The van der Waals surface area contributed by atoms with Gasteiger partial charge in [0, 0.05) is 10.8 Å². The summed E-state index contributed by atoms with van der Waals surface area (Å²) in [5.41, 5.74) is 2.91. The van der Waals surface area contributed by atoms with E-state index in [-0.39, 0.29) is 11.1 Å². The summed E-state index contributed by atoms with van der Waals surface area (Å²) in [6, 6.07) is 16.4. The van der Waals surface area contributed by atoms with Gasteiger partial charge in [-0.2, -0.15) is 0 Å². The first-order valence-electron chi connectivity index (χ1n) is 6.95. The van der Waals surface area contributed by atoms with Crippen molar-refractivity contribution in [2.24, 2.45) is 0 Å². The average Bonchev–Trinajstić information content (AvgIpc) is 2.90. The lowest BCUT2D eigenvalue weighted by molar-refractivity contribution is 0.627. The second-order valence-corrected chi connectivity index (χ2v) is 6.30. The summed E-state index contributed by atoms with van der Waals surface area (Å²) >= 11 is 1.55. The average molecular weight is 313 g/mol. The smallest absolute Gasteiger partial charge is 0.187 e. The van der Waals surface area contributed by atoms with Gasteiger partial charge in [-0.3, -0.25) is 0 Å². The van der Waals surface area contributed by atoms with Crippen molar-refractivity contribution in [2.75, 3.05) is 5.84 Å². The van der Waals surface area contributed by atoms with Crippen molar-refractivity contribution in [3.63, 3.8) is 0 Å². The van der Waals surface area contributed by atoms with Crippen LogP contribution >= 0.6 is 11.8 Å². The van der Waals surface area contributed by atoms with E-state index in [1.165, 1.54) is 16.8 Å². The summed E-state index contributed by atoms with van der Waals surface area (Å²) in [5, 5.41) is 0.865. The molecule has 0 saturated carbocycles. The van der Waals surface area contributed by atoms with Crippen LogP contribution in [-0.2, 0) is 0 Å². The molecule has 0 radical (unpaired) electrons. The molecule has 3 nitrogen and oxygen atoms in total. The standard InChI is InChI=1S/C17H16FN3S/c1-12(13-7-9-15(18)10-8-13)22-17-20-16(11-21(17)19)14-5-3-2-4-6-14/h2-12H,19H2,1H3/t12-/m1/s1. The maximum absolute atomic E-state index is 13.0. The SMILES string of the molecule is C[C@@H](Sc1nc(-c2ccccc2)cn1N)c1ccc(F)cc1. The lowest BCUT2D eigenvalue weighted by Crippen LogP contribution is -2.08. The molecule has 1 atom stereocenters. The molecule has 3 aromatic rings. The highest BCUT2D eigenvalue weighted by atomic mass is 32.2. The van der Waals surface area contributed by atoms with Gasteiger partial charge in [-0.1, -0.05) is 54.2 Å². The predicted molar refractivity (Wildman–Crippen MR) is 88.5 cm³/mol. The summed E-state index contributed by atoms with van der Waals surface area (Å²) in [6.07, 6.45) is 1.81. The summed E-state index contributed by atoms with van der Waals surface area (Å²) in [7, 11) is 0. The van der Waals surface area contributed by atoms with Gasteiger partial charge in [0.2, 0.25) is 0 Å². The second kappa shape index (κ2) is 6.23. The Balaban J connectivity index is 1.81. The normalized spacial score (nSPS) is 12.3. The summed E-state index contributed by atoms with van der Waals surface area (Å²) in [5.74, 6) is 5.77. The molecule has 0 saturated heterocycles. The molecule has 0 bridgehead atoms. The van der Waals surface area contributed by atoms with E-state index in [9.17, 15) is 4.39 Å². The largest absolute Gasteiger partial charge is 0.337 e. The molecule has 0 amide bonds.